The third-order valence-electron chi connectivity index (χ3n) is 8.42. The molecule has 7 rings (SSSR count). The largest absolute Gasteiger partial charge is 0.333 e. The number of benzene rings is 3. The van der Waals surface area contributed by atoms with E-state index in [1.54, 1.807) is 0 Å². The Kier molecular flexibility index (Phi) is 5.28. The lowest BCUT2D eigenvalue weighted by Gasteiger charge is -2.33. The molecule has 3 aromatic rings. The molecule has 0 spiro atoms. The maximum Gasteiger partial charge on any atom is 0.183 e. The summed E-state index contributed by atoms with van der Waals surface area (Å²) in [6, 6.07) is 23.9. The molecule has 3 aromatic carbocycles. The van der Waals surface area contributed by atoms with Gasteiger partial charge in [0, 0.05) is 40.2 Å². The smallest absolute Gasteiger partial charge is 0.183 e. The second-order valence-electron chi connectivity index (χ2n) is 10.9. The van der Waals surface area contributed by atoms with Crippen molar-refractivity contribution in [1.82, 2.24) is 0 Å². The first kappa shape index (κ1) is 23.8. The highest BCUT2D eigenvalue weighted by Crippen LogP contribution is 2.52. The lowest BCUT2D eigenvalue weighted by atomic mass is 9.88. The van der Waals surface area contributed by atoms with E-state index in [2.05, 4.69) is 95.3 Å². The Balaban J connectivity index is 1.37. The van der Waals surface area contributed by atoms with Crippen molar-refractivity contribution in [3.63, 3.8) is 0 Å². The van der Waals surface area contributed by atoms with Crippen molar-refractivity contribution in [2.75, 3.05) is 9.80 Å². The average molecular weight is 516 g/mol. The molecule has 190 valence electrons. The summed E-state index contributed by atoms with van der Waals surface area (Å²) >= 11 is 0. The molecule has 40 heavy (non-hydrogen) atoms. The fourth-order valence-corrected chi connectivity index (χ4v) is 6.75. The first-order chi connectivity index (χ1) is 19.5. The summed E-state index contributed by atoms with van der Waals surface area (Å²) in [4.78, 5) is 8.43. The SMILES string of the molecule is [C-]#[N+]C1=CC2c3cc(C#N)ccc3N(c3cc(C)cc(N4c5ccc(C)cc5C5C=C(C#N)C=CC54)c3)C2C=C1. The maximum absolute atomic E-state index is 9.60. The number of fused-ring (bicyclic) bond motifs is 6. The van der Waals surface area contributed by atoms with Crippen molar-refractivity contribution in [3.8, 4) is 12.1 Å². The van der Waals surface area contributed by atoms with Gasteiger partial charge in [-0.05, 0) is 79.1 Å². The van der Waals surface area contributed by atoms with E-state index >= 15 is 0 Å². The van der Waals surface area contributed by atoms with Crippen molar-refractivity contribution in [3.05, 3.63) is 142 Å². The Morgan fingerprint density at radius 2 is 1.38 bits per heavy atom. The Morgan fingerprint density at radius 1 is 0.725 bits per heavy atom. The predicted molar refractivity (Wildman–Crippen MR) is 158 cm³/mol. The van der Waals surface area contributed by atoms with Crippen LogP contribution in [0.15, 0.2) is 102 Å². The van der Waals surface area contributed by atoms with E-state index in [0.29, 0.717) is 16.8 Å². The number of anilines is 4. The van der Waals surface area contributed by atoms with E-state index in [9.17, 15) is 10.5 Å². The van der Waals surface area contributed by atoms with Gasteiger partial charge in [-0.25, -0.2) is 4.85 Å². The van der Waals surface area contributed by atoms with Crippen LogP contribution in [0.5, 0.6) is 0 Å². The molecule has 0 saturated carbocycles. The van der Waals surface area contributed by atoms with Crippen LogP contribution in [0.4, 0.5) is 22.7 Å². The molecular formula is C35H25N5. The van der Waals surface area contributed by atoms with Crippen molar-refractivity contribution in [1.29, 1.82) is 10.5 Å². The molecule has 0 aromatic heterocycles. The number of nitrogens with zero attached hydrogens (tertiary/aromatic N) is 5. The Bertz CT molecular complexity index is 1850. The van der Waals surface area contributed by atoms with Gasteiger partial charge in [-0.1, -0.05) is 48.1 Å². The van der Waals surface area contributed by atoms with Gasteiger partial charge < -0.3 is 9.80 Å². The van der Waals surface area contributed by atoms with Crippen LogP contribution in [0.1, 0.15) is 39.7 Å². The van der Waals surface area contributed by atoms with Crippen molar-refractivity contribution >= 4 is 22.7 Å². The highest BCUT2D eigenvalue weighted by molar-refractivity contribution is 5.82. The summed E-state index contributed by atoms with van der Waals surface area (Å²) in [6.07, 6.45) is 12.3. The average Bonchev–Trinajstić information content (AvgIpc) is 3.47. The molecule has 0 radical (unpaired) electrons. The molecule has 0 N–H and O–H groups in total. The van der Waals surface area contributed by atoms with Crippen LogP contribution in [0.25, 0.3) is 4.85 Å². The number of hydrogen-bond donors (Lipinski definition) is 0. The molecule has 0 fully saturated rings. The maximum atomic E-state index is 9.60. The minimum atomic E-state index is -0.00273. The van der Waals surface area contributed by atoms with Crippen molar-refractivity contribution in [2.24, 2.45) is 0 Å². The normalized spacial score (nSPS) is 23.2. The lowest BCUT2D eigenvalue weighted by molar-refractivity contribution is 0.735. The fraction of sp³-hybridized carbons (Fsp3) is 0.171. The highest BCUT2D eigenvalue weighted by atomic mass is 15.2. The Labute approximate surface area is 234 Å². The molecule has 4 unspecified atom stereocenters. The molecule has 0 saturated heterocycles. The number of rotatable bonds is 2. The second kappa shape index (κ2) is 8.88. The summed E-state index contributed by atoms with van der Waals surface area (Å²) in [5.41, 5.74) is 11.0. The van der Waals surface area contributed by atoms with Gasteiger partial charge in [0.1, 0.15) is 0 Å². The molecule has 2 heterocycles. The molecule has 2 aliphatic heterocycles. The van der Waals surface area contributed by atoms with Crippen molar-refractivity contribution in [2.45, 2.75) is 37.8 Å². The number of allylic oxidation sites excluding steroid dienone is 3. The van der Waals surface area contributed by atoms with Crippen LogP contribution in [-0.2, 0) is 0 Å². The van der Waals surface area contributed by atoms with Gasteiger partial charge in [0.15, 0.2) is 5.70 Å². The molecule has 5 nitrogen and oxygen atoms in total. The zero-order valence-electron chi connectivity index (χ0n) is 22.2. The first-order valence-corrected chi connectivity index (χ1v) is 13.4. The first-order valence-electron chi connectivity index (χ1n) is 13.4. The van der Waals surface area contributed by atoms with E-state index in [4.69, 9.17) is 6.57 Å². The van der Waals surface area contributed by atoms with Gasteiger partial charge >= 0.3 is 0 Å². The van der Waals surface area contributed by atoms with Crippen LogP contribution in [0.3, 0.4) is 0 Å². The summed E-state index contributed by atoms with van der Waals surface area (Å²) in [6.45, 7) is 11.8. The zero-order valence-corrected chi connectivity index (χ0v) is 22.2. The molecule has 4 atom stereocenters. The molecule has 2 aliphatic carbocycles. The van der Waals surface area contributed by atoms with E-state index in [-0.39, 0.29) is 23.9 Å². The summed E-state index contributed by atoms with van der Waals surface area (Å²) in [7, 11) is 0. The second-order valence-corrected chi connectivity index (χ2v) is 10.9. The summed E-state index contributed by atoms with van der Waals surface area (Å²) in [5.74, 6) is 0.107. The van der Waals surface area contributed by atoms with Crippen LogP contribution in [-0.4, -0.2) is 12.1 Å². The molecule has 4 aliphatic rings. The standard InChI is InChI=1S/C35H25N5/c1-21-4-8-32-28(14-21)29-15-23(19-36)5-9-33(29)39(32)26-12-22(2)13-27(18-26)40-34-10-6-24(20-37)16-30(34)31-17-25(38-3)7-11-35(31)40/h4-18,29,31,33,35H,1-2H3. The van der Waals surface area contributed by atoms with E-state index in [1.807, 2.05) is 36.4 Å². The molecule has 5 heteroatoms. The quantitative estimate of drug-likeness (QED) is 0.327. The molecular weight excluding hydrogens is 490 g/mol. The lowest BCUT2D eigenvalue weighted by Crippen LogP contribution is -2.31. The number of nitriles is 2. The van der Waals surface area contributed by atoms with Gasteiger partial charge in [-0.3, -0.25) is 0 Å². The topological polar surface area (TPSA) is 58.4 Å². The van der Waals surface area contributed by atoms with Crippen LogP contribution in [0, 0.1) is 43.1 Å². The highest BCUT2D eigenvalue weighted by Gasteiger charge is 2.41. The molecule has 0 bridgehead atoms. The van der Waals surface area contributed by atoms with E-state index < -0.39 is 0 Å². The zero-order chi connectivity index (χ0) is 27.5. The van der Waals surface area contributed by atoms with Gasteiger partial charge in [-0.15, -0.1) is 0 Å². The van der Waals surface area contributed by atoms with Crippen molar-refractivity contribution < 1.29 is 0 Å². The Morgan fingerprint density at radius 3 is 2.05 bits per heavy atom. The monoisotopic (exact) mass is 515 g/mol. The summed E-state index contributed by atoms with van der Waals surface area (Å²) in [5, 5.41) is 19.2. The number of hydrogen-bond acceptors (Lipinski definition) is 4. The third kappa shape index (κ3) is 3.51. The molecule has 0 amide bonds. The van der Waals surface area contributed by atoms with Gasteiger partial charge in [-0.2, -0.15) is 10.5 Å². The minimum absolute atomic E-state index is 0.00273. The van der Waals surface area contributed by atoms with Crippen LogP contribution in [0.2, 0.25) is 0 Å². The van der Waals surface area contributed by atoms with E-state index in [0.717, 1.165) is 33.9 Å². The van der Waals surface area contributed by atoms with Crippen LogP contribution >= 0.6 is 0 Å². The minimum Gasteiger partial charge on any atom is -0.333 e. The van der Waals surface area contributed by atoms with E-state index in [1.165, 1.54) is 11.1 Å². The Hall–Kier alpha value is -5.31. The number of aryl methyl sites for hydroxylation is 2. The van der Waals surface area contributed by atoms with Gasteiger partial charge in [0.2, 0.25) is 0 Å². The van der Waals surface area contributed by atoms with Gasteiger partial charge in [0.25, 0.3) is 0 Å². The fourth-order valence-electron chi connectivity index (χ4n) is 6.75. The third-order valence-corrected chi connectivity index (χ3v) is 8.42. The predicted octanol–water partition coefficient (Wildman–Crippen LogP) is 7.78. The van der Waals surface area contributed by atoms with Gasteiger partial charge in [0.05, 0.1) is 36.4 Å². The van der Waals surface area contributed by atoms with Crippen LogP contribution < -0.4 is 9.80 Å². The summed E-state index contributed by atoms with van der Waals surface area (Å²) < 4.78 is 0.